The van der Waals surface area contributed by atoms with Crippen LogP contribution in [0.1, 0.15) is 37.3 Å². The molecule has 4 rings (SSSR count). The molecule has 0 bridgehead atoms. The predicted octanol–water partition coefficient (Wildman–Crippen LogP) is 5.82. The Morgan fingerprint density at radius 3 is 2.47 bits per heavy atom. The highest BCUT2D eigenvalue weighted by Crippen LogP contribution is 2.48. The number of unbranched alkanes of at least 4 members (excludes halogenated alkanes) is 1. The lowest BCUT2D eigenvalue weighted by Crippen LogP contribution is -2.52. The number of rotatable bonds is 8. The van der Waals surface area contributed by atoms with Crippen LogP contribution in [0, 0.1) is 5.82 Å². The van der Waals surface area contributed by atoms with Gasteiger partial charge in [0.05, 0.1) is 12.8 Å². The van der Waals surface area contributed by atoms with E-state index in [1.807, 2.05) is 37.3 Å². The van der Waals surface area contributed by atoms with Crippen molar-refractivity contribution in [1.29, 1.82) is 0 Å². The number of nitrogens with one attached hydrogen (secondary N) is 1. The van der Waals surface area contributed by atoms with Gasteiger partial charge in [0.2, 0.25) is 0 Å². The minimum Gasteiger partial charge on any atom is -0.497 e. The molecule has 34 heavy (non-hydrogen) atoms. The third-order valence-corrected chi connectivity index (χ3v) is 5.99. The highest BCUT2D eigenvalue weighted by atomic mass is 19.1. The number of anilines is 2. The van der Waals surface area contributed by atoms with Crippen LogP contribution in [0.15, 0.2) is 72.8 Å². The van der Waals surface area contributed by atoms with Gasteiger partial charge in [0.15, 0.2) is 5.54 Å². The van der Waals surface area contributed by atoms with Crippen LogP contribution in [-0.4, -0.2) is 19.1 Å². The summed E-state index contributed by atoms with van der Waals surface area (Å²) >= 11 is 0. The number of benzene rings is 3. The van der Waals surface area contributed by atoms with E-state index in [-0.39, 0.29) is 12.5 Å². The molecule has 3 aromatic rings. The SMILES string of the molecule is CCCCC1(NC(=O)OCc2ccccc2)C(=O)N(c2ccc(F)cc2)c2ccc(OC)cc21. The van der Waals surface area contributed by atoms with E-state index in [9.17, 15) is 14.0 Å². The smallest absolute Gasteiger partial charge is 0.408 e. The molecule has 2 amide bonds. The first kappa shape index (κ1) is 23.3. The molecule has 7 heteroatoms. The number of nitrogens with zero attached hydrogens (tertiary/aromatic N) is 1. The van der Waals surface area contributed by atoms with Crippen LogP contribution >= 0.6 is 0 Å². The van der Waals surface area contributed by atoms with E-state index in [1.165, 1.54) is 17.0 Å². The highest BCUT2D eigenvalue weighted by molar-refractivity contribution is 6.13. The zero-order valence-electron chi connectivity index (χ0n) is 19.2. The van der Waals surface area contributed by atoms with Crippen molar-refractivity contribution >= 4 is 23.4 Å². The summed E-state index contributed by atoms with van der Waals surface area (Å²) in [5.41, 5.74) is 1.23. The van der Waals surface area contributed by atoms with E-state index >= 15 is 0 Å². The molecule has 0 spiro atoms. The van der Waals surface area contributed by atoms with Gasteiger partial charge in [-0.15, -0.1) is 0 Å². The molecule has 6 nitrogen and oxygen atoms in total. The van der Waals surface area contributed by atoms with Crippen molar-refractivity contribution in [2.24, 2.45) is 0 Å². The number of carbonyl (C=O) groups is 2. The summed E-state index contributed by atoms with van der Waals surface area (Å²) < 4.78 is 24.5. The maximum absolute atomic E-state index is 14.0. The highest BCUT2D eigenvalue weighted by Gasteiger charge is 2.52. The summed E-state index contributed by atoms with van der Waals surface area (Å²) in [6.45, 7) is 2.10. The van der Waals surface area contributed by atoms with Crippen LogP contribution < -0.4 is 15.0 Å². The third-order valence-electron chi connectivity index (χ3n) is 5.99. The molecular formula is C27H27FN2O4. The van der Waals surface area contributed by atoms with Crippen molar-refractivity contribution in [2.75, 3.05) is 12.0 Å². The number of ether oxygens (including phenoxy) is 2. The third kappa shape index (κ3) is 4.46. The number of hydrogen-bond donors (Lipinski definition) is 1. The summed E-state index contributed by atoms with van der Waals surface area (Å²) in [6.07, 6.45) is 1.20. The van der Waals surface area contributed by atoms with Gasteiger partial charge in [-0.1, -0.05) is 50.1 Å². The number of alkyl carbamates (subject to hydrolysis) is 1. The van der Waals surface area contributed by atoms with Crippen molar-refractivity contribution in [3.63, 3.8) is 0 Å². The number of fused-ring (bicyclic) bond motifs is 1. The molecule has 0 saturated heterocycles. The van der Waals surface area contributed by atoms with Crippen molar-refractivity contribution in [3.8, 4) is 5.75 Å². The Kier molecular flexibility index (Phi) is 6.82. The zero-order chi connectivity index (χ0) is 24.1. The summed E-state index contributed by atoms with van der Waals surface area (Å²) in [5.74, 6) is -0.162. The zero-order valence-corrected chi connectivity index (χ0v) is 19.2. The Labute approximate surface area is 198 Å². The number of carbonyl (C=O) groups excluding carboxylic acids is 2. The van der Waals surface area contributed by atoms with Gasteiger partial charge in [-0.2, -0.15) is 0 Å². The first-order chi connectivity index (χ1) is 16.5. The molecule has 0 aromatic heterocycles. The monoisotopic (exact) mass is 462 g/mol. The van der Waals surface area contributed by atoms with Crippen LogP contribution in [0.4, 0.5) is 20.6 Å². The van der Waals surface area contributed by atoms with Gasteiger partial charge in [-0.25, -0.2) is 9.18 Å². The maximum atomic E-state index is 14.0. The lowest BCUT2D eigenvalue weighted by atomic mass is 9.86. The van der Waals surface area contributed by atoms with Gasteiger partial charge in [0, 0.05) is 11.3 Å². The molecule has 1 atom stereocenters. The molecule has 1 aliphatic heterocycles. The van der Waals surface area contributed by atoms with Gasteiger partial charge >= 0.3 is 6.09 Å². The molecule has 0 radical (unpaired) electrons. The molecule has 0 aliphatic carbocycles. The summed E-state index contributed by atoms with van der Waals surface area (Å²) in [7, 11) is 1.55. The van der Waals surface area contributed by atoms with E-state index in [2.05, 4.69) is 5.32 Å². The van der Waals surface area contributed by atoms with Gasteiger partial charge in [0.25, 0.3) is 5.91 Å². The standard InChI is InChI=1S/C27H27FN2O4/c1-3-4-16-27(29-26(32)34-18-19-8-6-5-7-9-19)23-17-22(33-2)14-15-24(23)30(25(27)31)21-12-10-20(28)11-13-21/h5-15,17H,3-4,16,18H2,1-2H3,(H,29,32). The van der Waals surface area contributed by atoms with Crippen molar-refractivity contribution in [3.05, 3.63) is 89.7 Å². The molecule has 1 unspecified atom stereocenters. The normalized spacial score (nSPS) is 16.8. The van der Waals surface area contributed by atoms with E-state index in [0.29, 0.717) is 35.5 Å². The molecule has 1 N–H and O–H groups in total. The van der Waals surface area contributed by atoms with Gasteiger partial charge in [0.1, 0.15) is 18.2 Å². The van der Waals surface area contributed by atoms with Crippen molar-refractivity contribution in [1.82, 2.24) is 5.32 Å². The lowest BCUT2D eigenvalue weighted by molar-refractivity contribution is -0.123. The van der Waals surface area contributed by atoms with Gasteiger partial charge in [-0.05, 0) is 54.4 Å². The predicted molar refractivity (Wildman–Crippen MR) is 128 cm³/mol. The van der Waals surface area contributed by atoms with E-state index in [4.69, 9.17) is 9.47 Å². The maximum Gasteiger partial charge on any atom is 0.408 e. The van der Waals surface area contributed by atoms with Crippen molar-refractivity contribution in [2.45, 2.75) is 38.3 Å². The lowest BCUT2D eigenvalue weighted by Gasteiger charge is -2.30. The minimum absolute atomic E-state index is 0.0807. The Bertz CT molecular complexity index is 1170. The average Bonchev–Trinajstić information content (AvgIpc) is 3.09. The number of amides is 2. The summed E-state index contributed by atoms with van der Waals surface area (Å²) in [5, 5.41) is 2.88. The fourth-order valence-electron chi connectivity index (χ4n) is 4.24. The van der Waals surface area contributed by atoms with Crippen LogP contribution in [0.25, 0.3) is 0 Å². The second kappa shape index (κ2) is 9.95. The summed E-state index contributed by atoms with van der Waals surface area (Å²) in [6, 6.07) is 20.3. The summed E-state index contributed by atoms with van der Waals surface area (Å²) in [4.78, 5) is 28.5. The number of halogens is 1. The Morgan fingerprint density at radius 2 is 1.79 bits per heavy atom. The van der Waals surface area contributed by atoms with Gasteiger partial charge < -0.3 is 14.8 Å². The first-order valence-corrected chi connectivity index (χ1v) is 11.3. The molecule has 0 saturated carbocycles. The fraction of sp³-hybridized carbons (Fsp3) is 0.259. The van der Waals surface area contributed by atoms with E-state index in [0.717, 1.165) is 12.0 Å². The molecule has 1 heterocycles. The number of methoxy groups -OCH3 is 1. The van der Waals surface area contributed by atoms with Crippen LogP contribution in [0.3, 0.4) is 0 Å². The molecule has 176 valence electrons. The largest absolute Gasteiger partial charge is 0.497 e. The second-order valence-electron chi connectivity index (χ2n) is 8.20. The molecule has 1 aliphatic rings. The molecule has 0 fully saturated rings. The minimum atomic E-state index is -1.35. The van der Waals surface area contributed by atoms with E-state index < -0.39 is 17.4 Å². The van der Waals surface area contributed by atoms with Crippen molar-refractivity contribution < 1.29 is 23.5 Å². The fourth-order valence-corrected chi connectivity index (χ4v) is 4.24. The first-order valence-electron chi connectivity index (χ1n) is 11.3. The molecular weight excluding hydrogens is 435 g/mol. The Hall–Kier alpha value is -3.87. The topological polar surface area (TPSA) is 67.9 Å². The Balaban J connectivity index is 1.73. The number of hydrogen-bond acceptors (Lipinski definition) is 4. The second-order valence-corrected chi connectivity index (χ2v) is 8.20. The van der Waals surface area contributed by atoms with Crippen LogP contribution in [0.2, 0.25) is 0 Å². The Morgan fingerprint density at radius 1 is 1.06 bits per heavy atom. The quantitative estimate of drug-likeness (QED) is 0.458. The average molecular weight is 463 g/mol. The van der Waals surface area contributed by atoms with Crippen LogP contribution in [0.5, 0.6) is 5.75 Å². The molecule has 3 aromatic carbocycles. The van der Waals surface area contributed by atoms with Gasteiger partial charge in [-0.3, -0.25) is 9.69 Å². The van der Waals surface area contributed by atoms with E-state index in [1.54, 1.807) is 37.4 Å². The van der Waals surface area contributed by atoms with Crippen LogP contribution in [-0.2, 0) is 21.7 Å².